The summed E-state index contributed by atoms with van der Waals surface area (Å²) >= 11 is 0. The zero-order valence-electron chi connectivity index (χ0n) is 8.46. The molecule has 1 aromatic carbocycles. The van der Waals surface area contributed by atoms with Crippen LogP contribution in [-0.4, -0.2) is 17.1 Å². The van der Waals surface area contributed by atoms with E-state index in [1.54, 1.807) is 0 Å². The lowest BCUT2D eigenvalue weighted by atomic mass is 9.93. The van der Waals surface area contributed by atoms with E-state index in [0.29, 0.717) is 0 Å². The molecule has 1 fully saturated rings. The highest BCUT2D eigenvalue weighted by Crippen LogP contribution is 2.27. The number of rotatable bonds is 3. The second-order valence-electron chi connectivity index (χ2n) is 3.89. The van der Waals surface area contributed by atoms with Crippen LogP contribution in [0, 0.1) is 11.6 Å². The molecule has 1 aromatic rings. The van der Waals surface area contributed by atoms with Gasteiger partial charge >= 0.3 is 5.97 Å². The Morgan fingerprint density at radius 1 is 1.31 bits per heavy atom. The predicted octanol–water partition coefficient (Wildman–Crippen LogP) is 2.63. The zero-order chi connectivity index (χ0) is 11.7. The summed E-state index contributed by atoms with van der Waals surface area (Å²) in [4.78, 5) is 10.6. The van der Waals surface area contributed by atoms with Gasteiger partial charge in [-0.2, -0.15) is 0 Å². The normalized spacial score (nSPS) is 15.6. The van der Waals surface area contributed by atoms with Gasteiger partial charge < -0.3 is 10.4 Å². The third kappa shape index (κ3) is 1.98. The van der Waals surface area contributed by atoms with E-state index < -0.39 is 17.6 Å². The Morgan fingerprint density at radius 3 is 2.25 bits per heavy atom. The number of hydrogen-bond donors (Lipinski definition) is 2. The fraction of sp³-hybridized carbons (Fsp3) is 0.364. The van der Waals surface area contributed by atoms with Crippen LogP contribution in [0.3, 0.4) is 0 Å². The molecule has 0 bridgehead atoms. The van der Waals surface area contributed by atoms with Crippen LogP contribution in [0.5, 0.6) is 0 Å². The van der Waals surface area contributed by atoms with Crippen LogP contribution in [0.4, 0.5) is 14.5 Å². The number of carboxylic acids is 1. The Bertz CT molecular complexity index is 407. The molecule has 16 heavy (non-hydrogen) atoms. The van der Waals surface area contributed by atoms with Crippen molar-refractivity contribution in [1.82, 2.24) is 0 Å². The summed E-state index contributed by atoms with van der Waals surface area (Å²) in [6.07, 6.45) is 2.83. The first kappa shape index (κ1) is 10.9. The van der Waals surface area contributed by atoms with Crippen LogP contribution < -0.4 is 5.32 Å². The summed E-state index contributed by atoms with van der Waals surface area (Å²) in [6.45, 7) is 0. The summed E-state index contributed by atoms with van der Waals surface area (Å²) in [7, 11) is 0. The van der Waals surface area contributed by atoms with Crippen molar-refractivity contribution in [2.75, 3.05) is 5.32 Å². The highest BCUT2D eigenvalue weighted by molar-refractivity contribution is 5.88. The molecule has 0 saturated heterocycles. The molecule has 0 aliphatic heterocycles. The third-order valence-electron chi connectivity index (χ3n) is 2.74. The van der Waals surface area contributed by atoms with E-state index in [1.165, 1.54) is 0 Å². The monoisotopic (exact) mass is 227 g/mol. The van der Waals surface area contributed by atoms with E-state index in [2.05, 4.69) is 5.32 Å². The molecule has 0 spiro atoms. The first-order valence-corrected chi connectivity index (χ1v) is 5.07. The molecule has 0 amide bonds. The zero-order valence-corrected chi connectivity index (χ0v) is 8.46. The molecule has 2 rings (SSSR count). The first-order chi connectivity index (χ1) is 7.58. The van der Waals surface area contributed by atoms with Crippen LogP contribution >= 0.6 is 0 Å². The maximum Gasteiger partial charge on any atom is 0.335 e. The van der Waals surface area contributed by atoms with Crippen molar-refractivity contribution in [3.8, 4) is 0 Å². The molecule has 0 atom stereocenters. The minimum atomic E-state index is -1.34. The Labute approximate surface area is 91.1 Å². The highest BCUT2D eigenvalue weighted by atomic mass is 19.1. The molecule has 0 unspecified atom stereocenters. The number of benzene rings is 1. The Morgan fingerprint density at radius 2 is 1.88 bits per heavy atom. The minimum absolute atomic E-state index is 0.0969. The number of nitrogens with one attached hydrogen (secondary N) is 1. The molecule has 3 nitrogen and oxygen atoms in total. The topological polar surface area (TPSA) is 49.3 Å². The van der Waals surface area contributed by atoms with Gasteiger partial charge in [-0.15, -0.1) is 0 Å². The van der Waals surface area contributed by atoms with Gasteiger partial charge in [0.1, 0.15) is 17.3 Å². The lowest BCUT2D eigenvalue weighted by molar-refractivity contribution is 0.0696. The second kappa shape index (κ2) is 4.08. The lowest BCUT2D eigenvalue weighted by Crippen LogP contribution is -2.28. The standard InChI is InChI=1S/C11H11F2NO2/c12-8-4-6(11(15)16)5-9(13)10(8)14-7-2-1-3-7/h4-5,7,14H,1-3H2,(H,15,16). The summed E-state index contributed by atoms with van der Waals surface area (Å²) in [5.41, 5.74) is -0.608. The van der Waals surface area contributed by atoms with Crippen LogP contribution in [0.25, 0.3) is 0 Å². The van der Waals surface area contributed by atoms with Gasteiger partial charge in [-0.05, 0) is 31.4 Å². The Hall–Kier alpha value is -1.65. The molecular formula is C11H11F2NO2. The number of halogens is 2. The minimum Gasteiger partial charge on any atom is -0.478 e. The van der Waals surface area contributed by atoms with Crippen molar-refractivity contribution >= 4 is 11.7 Å². The van der Waals surface area contributed by atoms with Crippen molar-refractivity contribution in [3.05, 3.63) is 29.3 Å². The number of carbonyl (C=O) groups is 1. The van der Waals surface area contributed by atoms with Crippen molar-refractivity contribution < 1.29 is 18.7 Å². The van der Waals surface area contributed by atoms with Crippen LogP contribution in [0.2, 0.25) is 0 Å². The van der Waals surface area contributed by atoms with E-state index in [9.17, 15) is 13.6 Å². The molecule has 1 aliphatic carbocycles. The highest BCUT2D eigenvalue weighted by Gasteiger charge is 2.21. The van der Waals surface area contributed by atoms with E-state index in [1.807, 2.05) is 0 Å². The molecular weight excluding hydrogens is 216 g/mol. The number of carboxylic acid groups (broad SMARTS) is 1. The average molecular weight is 227 g/mol. The van der Waals surface area contributed by atoms with E-state index in [-0.39, 0.29) is 17.3 Å². The molecule has 0 radical (unpaired) electrons. The van der Waals surface area contributed by atoms with Gasteiger partial charge in [0.05, 0.1) is 5.56 Å². The molecule has 2 N–H and O–H groups in total. The van der Waals surface area contributed by atoms with E-state index in [4.69, 9.17) is 5.11 Å². The van der Waals surface area contributed by atoms with Gasteiger partial charge in [0.25, 0.3) is 0 Å². The van der Waals surface area contributed by atoms with Crippen LogP contribution in [0.15, 0.2) is 12.1 Å². The maximum absolute atomic E-state index is 13.4. The van der Waals surface area contributed by atoms with Crippen LogP contribution in [0.1, 0.15) is 29.6 Å². The first-order valence-electron chi connectivity index (χ1n) is 5.07. The Balaban J connectivity index is 2.27. The fourth-order valence-electron chi connectivity index (χ4n) is 1.59. The van der Waals surface area contributed by atoms with Gasteiger partial charge in [0, 0.05) is 6.04 Å². The van der Waals surface area contributed by atoms with Crippen molar-refractivity contribution in [2.24, 2.45) is 0 Å². The van der Waals surface area contributed by atoms with E-state index in [0.717, 1.165) is 31.4 Å². The van der Waals surface area contributed by atoms with E-state index >= 15 is 0 Å². The molecule has 0 aromatic heterocycles. The lowest BCUT2D eigenvalue weighted by Gasteiger charge is -2.27. The molecule has 5 heteroatoms. The van der Waals surface area contributed by atoms with Gasteiger partial charge in [0.2, 0.25) is 0 Å². The molecule has 86 valence electrons. The molecule has 1 saturated carbocycles. The van der Waals surface area contributed by atoms with Gasteiger partial charge in [-0.3, -0.25) is 0 Å². The summed E-state index contributed by atoms with van der Waals surface area (Å²) in [6, 6.07) is 1.75. The van der Waals surface area contributed by atoms with Crippen molar-refractivity contribution in [2.45, 2.75) is 25.3 Å². The van der Waals surface area contributed by atoms with Crippen LogP contribution in [-0.2, 0) is 0 Å². The number of hydrogen-bond acceptors (Lipinski definition) is 2. The quantitative estimate of drug-likeness (QED) is 0.834. The van der Waals surface area contributed by atoms with Crippen molar-refractivity contribution in [3.63, 3.8) is 0 Å². The van der Waals surface area contributed by atoms with Gasteiger partial charge in [0.15, 0.2) is 0 Å². The smallest absolute Gasteiger partial charge is 0.335 e. The Kier molecular flexibility index (Phi) is 2.77. The van der Waals surface area contributed by atoms with Gasteiger partial charge in [-0.1, -0.05) is 0 Å². The average Bonchev–Trinajstić information content (AvgIpc) is 2.13. The van der Waals surface area contributed by atoms with Gasteiger partial charge in [-0.25, -0.2) is 13.6 Å². The maximum atomic E-state index is 13.4. The summed E-state index contributed by atoms with van der Waals surface area (Å²) in [5.74, 6) is -3.05. The fourth-order valence-corrected chi connectivity index (χ4v) is 1.59. The third-order valence-corrected chi connectivity index (χ3v) is 2.74. The molecule has 1 aliphatic rings. The van der Waals surface area contributed by atoms with Crippen molar-refractivity contribution in [1.29, 1.82) is 0 Å². The predicted molar refractivity (Wildman–Crippen MR) is 54.6 cm³/mol. The molecule has 0 heterocycles. The second-order valence-corrected chi connectivity index (χ2v) is 3.89. The number of aromatic carboxylic acids is 1. The summed E-state index contributed by atoms with van der Waals surface area (Å²) < 4.78 is 26.9. The largest absolute Gasteiger partial charge is 0.478 e. The number of anilines is 1. The summed E-state index contributed by atoms with van der Waals surface area (Å²) in [5, 5.41) is 11.3. The SMILES string of the molecule is O=C(O)c1cc(F)c(NC2CCC2)c(F)c1.